The van der Waals surface area contributed by atoms with Gasteiger partial charge in [-0.05, 0) is 31.2 Å². The van der Waals surface area contributed by atoms with Crippen molar-refractivity contribution in [1.82, 2.24) is 4.90 Å². The Morgan fingerprint density at radius 1 is 1.38 bits per heavy atom. The Morgan fingerprint density at radius 2 is 2.19 bits per heavy atom. The number of hydrogen-bond donors (Lipinski definition) is 0. The minimum absolute atomic E-state index is 0.258. The van der Waals surface area contributed by atoms with Gasteiger partial charge in [0.2, 0.25) is 0 Å². The summed E-state index contributed by atoms with van der Waals surface area (Å²) in [5.74, 6) is 2.51. The third-order valence-corrected chi connectivity index (χ3v) is 4.83. The zero-order valence-corrected chi connectivity index (χ0v) is 13.6. The molecule has 0 spiro atoms. The molecule has 1 aromatic carbocycles. The minimum Gasteiger partial charge on any atom is -0.378 e. The first-order valence-corrected chi connectivity index (χ1v) is 8.84. The molecule has 1 aromatic rings. The first-order chi connectivity index (χ1) is 10.3. The van der Waals surface area contributed by atoms with E-state index in [1.165, 1.54) is 17.7 Å². The first kappa shape index (κ1) is 16.5. The van der Waals surface area contributed by atoms with Crippen molar-refractivity contribution in [3.8, 4) is 0 Å². The van der Waals surface area contributed by atoms with E-state index < -0.39 is 0 Å². The Labute approximate surface area is 132 Å². The Morgan fingerprint density at radius 3 is 2.95 bits per heavy atom. The highest BCUT2D eigenvalue weighted by atomic mass is 32.2. The average Bonchev–Trinajstić information content (AvgIpc) is 2.49. The fourth-order valence-electron chi connectivity index (χ4n) is 2.64. The molecule has 0 bridgehead atoms. The summed E-state index contributed by atoms with van der Waals surface area (Å²) >= 11 is 1.99. The van der Waals surface area contributed by atoms with Crippen molar-refractivity contribution in [2.75, 3.05) is 32.1 Å². The molecule has 2 rings (SSSR count). The van der Waals surface area contributed by atoms with E-state index in [9.17, 15) is 4.79 Å². The number of Topliss-reactive ketones (excluding diaryl/α,β-unsaturated/α-hetero) is 1. The van der Waals surface area contributed by atoms with Gasteiger partial charge >= 0.3 is 0 Å². The molecule has 0 radical (unpaired) electrons. The fourth-order valence-corrected chi connectivity index (χ4v) is 3.54. The monoisotopic (exact) mass is 307 g/mol. The number of hydrogen-bond acceptors (Lipinski definition) is 4. The van der Waals surface area contributed by atoms with Gasteiger partial charge in [0.05, 0.1) is 13.2 Å². The van der Waals surface area contributed by atoms with Gasteiger partial charge in [-0.1, -0.05) is 30.3 Å². The number of carbonyl (C=O) groups is 1. The van der Waals surface area contributed by atoms with Gasteiger partial charge in [-0.2, -0.15) is 11.8 Å². The van der Waals surface area contributed by atoms with Crippen molar-refractivity contribution in [1.29, 1.82) is 0 Å². The second-order valence-electron chi connectivity index (χ2n) is 5.56. The van der Waals surface area contributed by atoms with Gasteiger partial charge in [0.15, 0.2) is 0 Å². The molecule has 0 aliphatic carbocycles. The van der Waals surface area contributed by atoms with Crippen LogP contribution in [0.2, 0.25) is 0 Å². The van der Waals surface area contributed by atoms with E-state index in [-0.39, 0.29) is 11.8 Å². The molecule has 4 heteroatoms. The number of morpholine rings is 1. The number of carbonyl (C=O) groups excluding carboxylic acids is 1. The van der Waals surface area contributed by atoms with Crippen LogP contribution in [0.3, 0.4) is 0 Å². The van der Waals surface area contributed by atoms with Crippen LogP contribution < -0.4 is 0 Å². The lowest BCUT2D eigenvalue weighted by molar-refractivity contribution is -0.120. The Kier molecular flexibility index (Phi) is 7.27. The Balaban J connectivity index is 1.63. The number of benzene rings is 1. The van der Waals surface area contributed by atoms with E-state index in [2.05, 4.69) is 35.2 Å². The van der Waals surface area contributed by atoms with Crippen LogP contribution in [0, 0.1) is 0 Å². The summed E-state index contributed by atoms with van der Waals surface area (Å²) in [7, 11) is 0. The van der Waals surface area contributed by atoms with Crippen molar-refractivity contribution in [3.63, 3.8) is 0 Å². The van der Waals surface area contributed by atoms with Gasteiger partial charge in [-0.15, -0.1) is 0 Å². The third-order valence-electron chi connectivity index (χ3n) is 3.72. The van der Waals surface area contributed by atoms with Gasteiger partial charge in [0, 0.05) is 24.8 Å². The van der Waals surface area contributed by atoms with E-state index in [4.69, 9.17) is 4.74 Å². The number of thioether (sulfide) groups is 1. The number of ketones is 1. The second kappa shape index (κ2) is 9.23. The maximum atomic E-state index is 11.3. The number of ether oxygens (including phenoxy) is 1. The minimum atomic E-state index is 0.258. The molecule has 0 aromatic heterocycles. The van der Waals surface area contributed by atoms with Crippen LogP contribution >= 0.6 is 11.8 Å². The average molecular weight is 307 g/mol. The lowest BCUT2D eigenvalue weighted by atomic mass is 10.1. The molecule has 1 aliphatic heterocycles. The molecular formula is C17H25NO2S. The predicted molar refractivity (Wildman–Crippen MR) is 88.7 cm³/mol. The summed E-state index contributed by atoms with van der Waals surface area (Å²) in [5.41, 5.74) is 1.39. The van der Waals surface area contributed by atoms with Gasteiger partial charge < -0.3 is 4.74 Å². The molecule has 1 atom stereocenters. The van der Waals surface area contributed by atoms with Crippen molar-refractivity contribution >= 4 is 17.5 Å². The lowest BCUT2D eigenvalue weighted by Gasteiger charge is -2.35. The van der Waals surface area contributed by atoms with Gasteiger partial charge in [0.25, 0.3) is 0 Å². The summed E-state index contributed by atoms with van der Waals surface area (Å²) in [6.07, 6.45) is 1.79. The van der Waals surface area contributed by atoms with Gasteiger partial charge in [-0.3, -0.25) is 9.69 Å². The molecule has 1 aliphatic rings. The van der Waals surface area contributed by atoms with E-state index in [0.29, 0.717) is 13.0 Å². The summed E-state index contributed by atoms with van der Waals surface area (Å²) in [4.78, 5) is 13.7. The van der Waals surface area contributed by atoms with E-state index in [1.54, 1.807) is 6.92 Å². The highest BCUT2D eigenvalue weighted by molar-refractivity contribution is 7.98. The van der Waals surface area contributed by atoms with Crippen LogP contribution in [-0.2, 0) is 15.3 Å². The number of rotatable bonds is 8. The third kappa shape index (κ3) is 6.20. The highest BCUT2D eigenvalue weighted by Gasteiger charge is 2.23. The molecule has 0 saturated carbocycles. The Hall–Kier alpha value is -0.840. The van der Waals surface area contributed by atoms with Crippen LogP contribution in [-0.4, -0.2) is 48.8 Å². The van der Waals surface area contributed by atoms with E-state index in [0.717, 1.165) is 25.4 Å². The molecular weight excluding hydrogens is 282 g/mol. The Bertz CT molecular complexity index is 424. The molecule has 0 amide bonds. The summed E-state index contributed by atoms with van der Waals surface area (Å²) in [5, 5.41) is 0. The standard InChI is InChI=1S/C17H25NO2S/c1-15(19)12-17-13-20-10-9-18(17)8-5-11-21-14-16-6-3-2-4-7-16/h2-4,6-7,17H,5,8-14H2,1H3/t17-/m0/s1. The smallest absolute Gasteiger partial charge is 0.131 e. The van der Waals surface area contributed by atoms with Gasteiger partial charge in [0.1, 0.15) is 5.78 Å². The zero-order valence-electron chi connectivity index (χ0n) is 12.8. The van der Waals surface area contributed by atoms with Crippen LogP contribution in [0.1, 0.15) is 25.3 Å². The highest BCUT2D eigenvalue weighted by Crippen LogP contribution is 2.15. The maximum Gasteiger partial charge on any atom is 0.131 e. The van der Waals surface area contributed by atoms with Crippen molar-refractivity contribution < 1.29 is 9.53 Å². The predicted octanol–water partition coefficient (Wildman–Crippen LogP) is 2.99. The summed E-state index contributed by atoms with van der Waals surface area (Å²) in [6, 6.07) is 10.9. The molecule has 21 heavy (non-hydrogen) atoms. The maximum absolute atomic E-state index is 11.3. The largest absolute Gasteiger partial charge is 0.378 e. The first-order valence-electron chi connectivity index (χ1n) is 7.68. The zero-order chi connectivity index (χ0) is 14.9. The van der Waals surface area contributed by atoms with Crippen LogP contribution in [0.5, 0.6) is 0 Å². The molecule has 1 heterocycles. The van der Waals surface area contributed by atoms with Crippen molar-refractivity contribution in [3.05, 3.63) is 35.9 Å². The topological polar surface area (TPSA) is 29.5 Å². The molecule has 3 nitrogen and oxygen atoms in total. The fraction of sp³-hybridized carbons (Fsp3) is 0.588. The van der Waals surface area contributed by atoms with Gasteiger partial charge in [-0.25, -0.2) is 0 Å². The molecule has 0 N–H and O–H groups in total. The van der Waals surface area contributed by atoms with Crippen molar-refractivity contribution in [2.24, 2.45) is 0 Å². The molecule has 0 unspecified atom stereocenters. The second-order valence-corrected chi connectivity index (χ2v) is 6.67. The van der Waals surface area contributed by atoms with Crippen LogP contribution in [0.25, 0.3) is 0 Å². The SMILES string of the molecule is CC(=O)C[C@H]1COCCN1CCCSCc1ccccc1. The van der Waals surface area contributed by atoms with E-state index in [1.807, 2.05) is 11.8 Å². The summed E-state index contributed by atoms with van der Waals surface area (Å²) in [6.45, 7) is 5.20. The number of nitrogens with zero attached hydrogens (tertiary/aromatic N) is 1. The van der Waals surface area contributed by atoms with E-state index >= 15 is 0 Å². The lowest BCUT2D eigenvalue weighted by Crippen LogP contribution is -2.46. The molecule has 1 saturated heterocycles. The quantitative estimate of drug-likeness (QED) is 0.691. The normalized spacial score (nSPS) is 19.6. The molecule has 116 valence electrons. The van der Waals surface area contributed by atoms with Crippen LogP contribution in [0.4, 0.5) is 0 Å². The van der Waals surface area contributed by atoms with Crippen LogP contribution in [0.15, 0.2) is 30.3 Å². The van der Waals surface area contributed by atoms with Crippen molar-refractivity contribution in [2.45, 2.75) is 31.6 Å². The summed E-state index contributed by atoms with van der Waals surface area (Å²) < 4.78 is 5.50. The molecule has 1 fully saturated rings.